The van der Waals surface area contributed by atoms with Gasteiger partial charge in [0.15, 0.2) is 0 Å². The fourth-order valence-corrected chi connectivity index (χ4v) is 2.09. The van der Waals surface area contributed by atoms with Crippen molar-refractivity contribution in [2.24, 2.45) is 12.8 Å². The molecule has 1 aliphatic rings. The second-order valence-corrected chi connectivity index (χ2v) is 4.12. The Labute approximate surface area is 97.6 Å². The molecule has 2 rings (SSSR count). The first-order valence-electron chi connectivity index (χ1n) is 5.21. The van der Waals surface area contributed by atoms with E-state index in [1.54, 1.807) is 7.05 Å². The summed E-state index contributed by atoms with van der Waals surface area (Å²) in [5.41, 5.74) is 5.86. The van der Waals surface area contributed by atoms with Crippen LogP contribution in [0.15, 0.2) is 10.9 Å². The van der Waals surface area contributed by atoms with Gasteiger partial charge in [0, 0.05) is 26.7 Å². The molecule has 0 saturated heterocycles. The number of nitrogens with zero attached hydrogens (tertiary/aromatic N) is 2. The monoisotopic (exact) mass is 235 g/mol. The first kappa shape index (κ1) is 11.4. The Balaban J connectivity index is 2.79. The van der Waals surface area contributed by atoms with Crippen molar-refractivity contribution in [1.82, 2.24) is 9.47 Å². The molecule has 0 fully saturated rings. The molecule has 2 heterocycles. The van der Waals surface area contributed by atoms with Crippen LogP contribution in [0.1, 0.15) is 26.4 Å². The zero-order valence-corrected chi connectivity index (χ0v) is 9.69. The standard InChI is InChI=1S/C11H13N3O3/c1-13-4-3-6-7(11(13)17)5-8(15)14(2)9(6)10(12)16/h5H,3-4H2,1-2H3,(H2,12,16). The Bertz CT molecular complexity index is 574. The van der Waals surface area contributed by atoms with E-state index in [-0.39, 0.29) is 17.2 Å². The molecule has 2 amide bonds. The topological polar surface area (TPSA) is 85.4 Å². The van der Waals surface area contributed by atoms with Crippen molar-refractivity contribution in [1.29, 1.82) is 0 Å². The van der Waals surface area contributed by atoms with Gasteiger partial charge in [-0.15, -0.1) is 0 Å². The van der Waals surface area contributed by atoms with E-state index < -0.39 is 11.5 Å². The van der Waals surface area contributed by atoms with E-state index >= 15 is 0 Å². The summed E-state index contributed by atoms with van der Waals surface area (Å²) >= 11 is 0. The molecule has 6 heteroatoms. The highest BCUT2D eigenvalue weighted by Gasteiger charge is 2.27. The SMILES string of the molecule is CN1CCc2c(cc(=O)n(C)c2C(N)=O)C1=O. The predicted octanol–water partition coefficient (Wildman–Crippen LogP) is -0.888. The van der Waals surface area contributed by atoms with Crippen molar-refractivity contribution in [3.63, 3.8) is 0 Å². The molecule has 0 atom stereocenters. The van der Waals surface area contributed by atoms with Crippen LogP contribution in [0.4, 0.5) is 0 Å². The molecule has 0 unspecified atom stereocenters. The number of carbonyl (C=O) groups excluding carboxylic acids is 2. The third-order valence-electron chi connectivity index (χ3n) is 3.05. The Morgan fingerprint density at radius 2 is 2.00 bits per heavy atom. The minimum atomic E-state index is -0.682. The molecule has 0 aliphatic carbocycles. The van der Waals surface area contributed by atoms with Gasteiger partial charge in [0.25, 0.3) is 17.4 Å². The Morgan fingerprint density at radius 3 is 2.59 bits per heavy atom. The number of carbonyl (C=O) groups is 2. The van der Waals surface area contributed by atoms with E-state index in [1.165, 1.54) is 22.6 Å². The molecule has 90 valence electrons. The summed E-state index contributed by atoms with van der Waals surface area (Å²) < 4.78 is 1.19. The van der Waals surface area contributed by atoms with Gasteiger partial charge < -0.3 is 15.2 Å². The van der Waals surface area contributed by atoms with Gasteiger partial charge in [-0.2, -0.15) is 0 Å². The van der Waals surface area contributed by atoms with Crippen molar-refractivity contribution in [2.45, 2.75) is 6.42 Å². The summed E-state index contributed by atoms with van der Waals surface area (Å²) in [4.78, 5) is 36.4. The summed E-state index contributed by atoms with van der Waals surface area (Å²) in [6.45, 7) is 0.518. The molecule has 0 radical (unpaired) electrons. The highest BCUT2D eigenvalue weighted by atomic mass is 16.2. The van der Waals surface area contributed by atoms with Gasteiger partial charge in [0.05, 0.1) is 5.56 Å². The third-order valence-corrected chi connectivity index (χ3v) is 3.05. The van der Waals surface area contributed by atoms with Crippen molar-refractivity contribution < 1.29 is 9.59 Å². The number of hydrogen-bond acceptors (Lipinski definition) is 3. The van der Waals surface area contributed by atoms with E-state index in [1.807, 2.05) is 0 Å². The van der Waals surface area contributed by atoms with Gasteiger partial charge in [0.2, 0.25) is 0 Å². The Kier molecular flexibility index (Phi) is 2.49. The molecule has 17 heavy (non-hydrogen) atoms. The summed E-state index contributed by atoms with van der Waals surface area (Å²) in [5, 5.41) is 0. The van der Waals surface area contributed by atoms with Crippen LogP contribution in [0.25, 0.3) is 0 Å². The van der Waals surface area contributed by atoms with Crippen molar-refractivity contribution in [3.05, 3.63) is 33.2 Å². The molecule has 6 nitrogen and oxygen atoms in total. The minimum absolute atomic E-state index is 0.133. The number of fused-ring (bicyclic) bond motifs is 1. The molecule has 2 N–H and O–H groups in total. The van der Waals surface area contributed by atoms with Crippen LogP contribution >= 0.6 is 0 Å². The normalized spacial score (nSPS) is 14.7. The highest BCUT2D eigenvalue weighted by molar-refractivity contribution is 6.01. The van der Waals surface area contributed by atoms with E-state index in [0.29, 0.717) is 18.5 Å². The number of likely N-dealkylation sites (N-methyl/N-ethyl adjacent to an activating group) is 1. The van der Waals surface area contributed by atoms with Gasteiger partial charge in [-0.05, 0) is 12.0 Å². The van der Waals surface area contributed by atoms with Crippen molar-refractivity contribution in [3.8, 4) is 0 Å². The zero-order valence-electron chi connectivity index (χ0n) is 9.69. The molecule has 1 aromatic heterocycles. The number of rotatable bonds is 1. The number of primary amides is 1. The average molecular weight is 235 g/mol. The summed E-state index contributed by atoms with van der Waals surface area (Å²) in [7, 11) is 3.14. The maximum atomic E-state index is 11.9. The van der Waals surface area contributed by atoms with Crippen LogP contribution in [0, 0.1) is 0 Å². The lowest BCUT2D eigenvalue weighted by molar-refractivity contribution is 0.0779. The lowest BCUT2D eigenvalue weighted by Gasteiger charge is -2.26. The van der Waals surface area contributed by atoms with Gasteiger partial charge in [-0.25, -0.2) is 0 Å². The van der Waals surface area contributed by atoms with Crippen LogP contribution in [0.2, 0.25) is 0 Å². The van der Waals surface area contributed by atoms with E-state index in [9.17, 15) is 14.4 Å². The fraction of sp³-hybridized carbons (Fsp3) is 0.364. The van der Waals surface area contributed by atoms with Crippen molar-refractivity contribution >= 4 is 11.8 Å². The molecule has 1 aliphatic heterocycles. The second kappa shape index (κ2) is 3.73. The third kappa shape index (κ3) is 1.61. The van der Waals surface area contributed by atoms with E-state index in [4.69, 9.17) is 5.73 Å². The molecule has 1 aromatic rings. The second-order valence-electron chi connectivity index (χ2n) is 4.12. The first-order valence-corrected chi connectivity index (χ1v) is 5.21. The lowest BCUT2D eigenvalue weighted by atomic mass is 9.97. The molecule has 0 spiro atoms. The number of aromatic nitrogens is 1. The molecular formula is C11H13N3O3. The average Bonchev–Trinajstić information content (AvgIpc) is 2.26. The quantitative estimate of drug-likeness (QED) is 0.685. The summed E-state index contributed by atoms with van der Waals surface area (Å²) in [6, 6.07) is 1.26. The first-order chi connectivity index (χ1) is 7.93. The van der Waals surface area contributed by atoms with E-state index in [2.05, 4.69) is 0 Å². The van der Waals surface area contributed by atoms with Crippen LogP contribution in [0.5, 0.6) is 0 Å². The van der Waals surface area contributed by atoms with Gasteiger partial charge in [-0.3, -0.25) is 14.4 Å². The molecule has 0 aromatic carbocycles. The molecule has 0 saturated carbocycles. The lowest BCUT2D eigenvalue weighted by Crippen LogP contribution is -2.39. The number of hydrogen-bond donors (Lipinski definition) is 1. The van der Waals surface area contributed by atoms with Crippen molar-refractivity contribution in [2.75, 3.05) is 13.6 Å². The summed E-state index contributed by atoms with van der Waals surface area (Å²) in [6.07, 6.45) is 0.532. The largest absolute Gasteiger partial charge is 0.364 e. The van der Waals surface area contributed by atoms with Gasteiger partial charge >= 0.3 is 0 Å². The zero-order chi connectivity index (χ0) is 12.7. The fourth-order valence-electron chi connectivity index (χ4n) is 2.09. The van der Waals surface area contributed by atoms with Crippen LogP contribution < -0.4 is 11.3 Å². The number of nitrogens with two attached hydrogens (primary N) is 1. The predicted molar refractivity (Wildman–Crippen MR) is 60.9 cm³/mol. The Hall–Kier alpha value is -2.11. The number of amides is 2. The van der Waals surface area contributed by atoms with Crippen LogP contribution in [-0.4, -0.2) is 34.9 Å². The maximum Gasteiger partial charge on any atom is 0.265 e. The maximum absolute atomic E-state index is 11.9. The smallest absolute Gasteiger partial charge is 0.265 e. The minimum Gasteiger partial charge on any atom is -0.364 e. The molecular weight excluding hydrogens is 222 g/mol. The summed E-state index contributed by atoms with van der Waals surface area (Å²) in [5.74, 6) is -0.926. The van der Waals surface area contributed by atoms with Crippen LogP contribution in [0.3, 0.4) is 0 Å². The molecule has 0 bridgehead atoms. The van der Waals surface area contributed by atoms with Crippen LogP contribution in [-0.2, 0) is 13.5 Å². The van der Waals surface area contributed by atoms with Gasteiger partial charge in [0.1, 0.15) is 5.69 Å². The highest BCUT2D eigenvalue weighted by Crippen LogP contribution is 2.19. The number of pyridine rings is 1. The van der Waals surface area contributed by atoms with E-state index in [0.717, 1.165) is 0 Å². The Morgan fingerprint density at radius 1 is 1.35 bits per heavy atom. The van der Waals surface area contributed by atoms with Gasteiger partial charge in [-0.1, -0.05) is 0 Å².